The molecule has 1 aromatic rings. The molecule has 0 saturated heterocycles. The van der Waals surface area contributed by atoms with Gasteiger partial charge in [-0.05, 0) is 24.6 Å². The lowest BCUT2D eigenvalue weighted by atomic mass is 10.2. The average Bonchev–Trinajstić information content (AvgIpc) is 2.29. The number of benzene rings is 1. The van der Waals surface area contributed by atoms with Crippen LogP contribution in [0.1, 0.15) is 12.5 Å². The Bertz CT molecular complexity index is 329. The molecule has 16 heavy (non-hydrogen) atoms. The van der Waals surface area contributed by atoms with Gasteiger partial charge in [0.05, 0.1) is 12.4 Å². The number of carbonyl (C=O) groups excluding carboxylic acids is 1. The van der Waals surface area contributed by atoms with E-state index in [1.54, 1.807) is 0 Å². The van der Waals surface area contributed by atoms with E-state index >= 15 is 0 Å². The van der Waals surface area contributed by atoms with E-state index in [1.807, 2.05) is 31.2 Å². The minimum Gasteiger partial charge on any atom is -0.274 e. The lowest BCUT2D eigenvalue weighted by Gasteiger charge is -2.03. The third kappa shape index (κ3) is 5.39. The second-order valence-corrected chi connectivity index (χ2v) is 4.50. The van der Waals surface area contributed by atoms with E-state index in [1.165, 1.54) is 11.8 Å². The zero-order valence-electron chi connectivity index (χ0n) is 9.03. The number of hydrogen-bond acceptors (Lipinski definition) is 3. The Kier molecular flexibility index (Phi) is 6.30. The van der Waals surface area contributed by atoms with E-state index in [0.717, 1.165) is 16.3 Å². The molecule has 0 unspecified atom stereocenters. The highest BCUT2D eigenvalue weighted by Crippen LogP contribution is 2.15. The van der Waals surface area contributed by atoms with Gasteiger partial charge in [-0.25, -0.2) is 5.48 Å². The van der Waals surface area contributed by atoms with E-state index in [-0.39, 0.29) is 5.91 Å². The Morgan fingerprint density at radius 1 is 1.44 bits per heavy atom. The number of hydrogen-bond donors (Lipinski definition) is 1. The van der Waals surface area contributed by atoms with Crippen LogP contribution in [0.2, 0.25) is 5.02 Å². The Balaban J connectivity index is 2.20. The van der Waals surface area contributed by atoms with Crippen molar-refractivity contribution in [3.05, 3.63) is 34.9 Å². The van der Waals surface area contributed by atoms with Crippen LogP contribution in [0.15, 0.2) is 24.3 Å². The third-order valence-electron chi connectivity index (χ3n) is 1.75. The number of thioether (sulfide) groups is 1. The van der Waals surface area contributed by atoms with Crippen LogP contribution in [-0.4, -0.2) is 18.3 Å². The molecule has 1 amide bonds. The van der Waals surface area contributed by atoms with Crippen LogP contribution < -0.4 is 5.48 Å². The Labute approximate surface area is 104 Å². The number of rotatable bonds is 6. The van der Waals surface area contributed by atoms with E-state index in [4.69, 9.17) is 16.4 Å². The largest absolute Gasteiger partial charge is 0.274 e. The molecular weight excluding hydrogens is 246 g/mol. The number of nitrogens with one attached hydrogen (secondary N) is 1. The van der Waals surface area contributed by atoms with Crippen LogP contribution in [0.4, 0.5) is 0 Å². The molecule has 88 valence electrons. The summed E-state index contributed by atoms with van der Waals surface area (Å²) in [4.78, 5) is 16.0. The topological polar surface area (TPSA) is 38.3 Å². The highest BCUT2D eigenvalue weighted by molar-refractivity contribution is 7.99. The Morgan fingerprint density at radius 2 is 2.12 bits per heavy atom. The van der Waals surface area contributed by atoms with Crippen molar-refractivity contribution >= 4 is 29.3 Å². The molecule has 3 nitrogen and oxygen atoms in total. The van der Waals surface area contributed by atoms with Gasteiger partial charge in [-0.15, -0.1) is 11.8 Å². The predicted molar refractivity (Wildman–Crippen MR) is 67.4 cm³/mol. The first-order valence-corrected chi connectivity index (χ1v) is 6.48. The van der Waals surface area contributed by atoms with Gasteiger partial charge in [0.15, 0.2) is 0 Å². The fourth-order valence-electron chi connectivity index (χ4n) is 1.02. The van der Waals surface area contributed by atoms with Crippen molar-refractivity contribution in [2.75, 3.05) is 12.4 Å². The molecule has 1 aromatic carbocycles. The molecule has 0 aliphatic heterocycles. The molecule has 0 atom stereocenters. The molecule has 0 spiro atoms. The minimum absolute atomic E-state index is 0.110. The summed E-state index contributed by atoms with van der Waals surface area (Å²) in [5.74, 6) is 1.07. The molecule has 0 radical (unpaired) electrons. The van der Waals surface area contributed by atoms with E-state index < -0.39 is 0 Å². The molecule has 0 heterocycles. The summed E-state index contributed by atoms with van der Waals surface area (Å²) in [6.45, 7) is 2.30. The van der Waals surface area contributed by atoms with Gasteiger partial charge < -0.3 is 0 Å². The molecule has 0 aliphatic rings. The lowest BCUT2D eigenvalue weighted by Crippen LogP contribution is -2.25. The van der Waals surface area contributed by atoms with Crippen LogP contribution in [0.25, 0.3) is 0 Å². The van der Waals surface area contributed by atoms with Crippen LogP contribution >= 0.6 is 23.4 Å². The summed E-state index contributed by atoms with van der Waals surface area (Å²) in [6, 6.07) is 7.60. The van der Waals surface area contributed by atoms with Gasteiger partial charge in [0, 0.05) is 10.8 Å². The number of halogens is 1. The SMILES string of the molecule is CCONC(=O)CSCc1ccc(Cl)cc1. The van der Waals surface area contributed by atoms with Crippen molar-refractivity contribution in [1.82, 2.24) is 5.48 Å². The molecule has 5 heteroatoms. The van der Waals surface area contributed by atoms with Gasteiger partial charge >= 0.3 is 0 Å². The number of hydroxylamine groups is 1. The second kappa shape index (κ2) is 7.54. The van der Waals surface area contributed by atoms with E-state index in [2.05, 4.69) is 5.48 Å². The van der Waals surface area contributed by atoms with Crippen molar-refractivity contribution in [3.63, 3.8) is 0 Å². The molecule has 0 saturated carbocycles. The number of carbonyl (C=O) groups is 1. The van der Waals surface area contributed by atoms with Gasteiger partial charge in [0.25, 0.3) is 5.91 Å². The third-order valence-corrected chi connectivity index (χ3v) is 3.00. The molecule has 0 aromatic heterocycles. The van der Waals surface area contributed by atoms with Crippen LogP contribution in [-0.2, 0) is 15.4 Å². The highest BCUT2D eigenvalue weighted by atomic mass is 35.5. The van der Waals surface area contributed by atoms with Crippen molar-refractivity contribution in [3.8, 4) is 0 Å². The lowest BCUT2D eigenvalue weighted by molar-refractivity contribution is -0.130. The maximum atomic E-state index is 11.2. The quantitative estimate of drug-likeness (QED) is 0.799. The maximum Gasteiger partial charge on any atom is 0.253 e. The summed E-state index contributed by atoms with van der Waals surface area (Å²) in [5.41, 5.74) is 3.50. The Hall–Kier alpha value is -0.710. The zero-order valence-corrected chi connectivity index (χ0v) is 10.6. The average molecular weight is 260 g/mol. The van der Waals surface area contributed by atoms with Crippen molar-refractivity contribution in [2.24, 2.45) is 0 Å². The van der Waals surface area contributed by atoms with Crippen molar-refractivity contribution in [2.45, 2.75) is 12.7 Å². The van der Waals surface area contributed by atoms with Gasteiger partial charge in [-0.2, -0.15) is 0 Å². The monoisotopic (exact) mass is 259 g/mol. The van der Waals surface area contributed by atoms with Gasteiger partial charge in [-0.1, -0.05) is 23.7 Å². The van der Waals surface area contributed by atoms with E-state index in [9.17, 15) is 4.79 Å². The standard InChI is InChI=1S/C11H14ClNO2S/c1-2-15-13-11(14)8-16-7-9-3-5-10(12)6-4-9/h3-6H,2,7-8H2,1H3,(H,13,14). The summed E-state index contributed by atoms with van der Waals surface area (Å²) in [6.07, 6.45) is 0. The van der Waals surface area contributed by atoms with E-state index in [0.29, 0.717) is 12.4 Å². The summed E-state index contributed by atoms with van der Waals surface area (Å²) >= 11 is 7.30. The first-order valence-electron chi connectivity index (χ1n) is 4.95. The van der Waals surface area contributed by atoms with Gasteiger partial charge in [0.1, 0.15) is 0 Å². The van der Waals surface area contributed by atoms with Gasteiger partial charge in [0.2, 0.25) is 0 Å². The Morgan fingerprint density at radius 3 is 2.75 bits per heavy atom. The van der Waals surface area contributed by atoms with Crippen LogP contribution in [0.5, 0.6) is 0 Å². The van der Waals surface area contributed by atoms with Crippen LogP contribution in [0.3, 0.4) is 0 Å². The molecule has 1 rings (SSSR count). The predicted octanol–water partition coefficient (Wildman–Crippen LogP) is 2.64. The van der Waals surface area contributed by atoms with Crippen LogP contribution in [0, 0.1) is 0 Å². The fourth-order valence-corrected chi connectivity index (χ4v) is 1.92. The molecule has 0 aliphatic carbocycles. The maximum absolute atomic E-state index is 11.2. The molecule has 0 bridgehead atoms. The molecule has 0 fully saturated rings. The summed E-state index contributed by atoms with van der Waals surface area (Å²) in [7, 11) is 0. The fraction of sp³-hybridized carbons (Fsp3) is 0.364. The first kappa shape index (κ1) is 13.4. The second-order valence-electron chi connectivity index (χ2n) is 3.08. The summed E-state index contributed by atoms with van der Waals surface area (Å²) < 4.78 is 0. The van der Waals surface area contributed by atoms with Crippen molar-refractivity contribution < 1.29 is 9.63 Å². The minimum atomic E-state index is -0.110. The van der Waals surface area contributed by atoms with Gasteiger partial charge in [-0.3, -0.25) is 9.63 Å². The zero-order chi connectivity index (χ0) is 11.8. The first-order chi connectivity index (χ1) is 7.72. The number of amides is 1. The normalized spacial score (nSPS) is 10.1. The van der Waals surface area contributed by atoms with Crippen molar-refractivity contribution in [1.29, 1.82) is 0 Å². The molecular formula is C11H14ClNO2S. The molecule has 1 N–H and O–H groups in total. The summed E-state index contributed by atoms with van der Waals surface area (Å²) in [5, 5.41) is 0.725. The smallest absolute Gasteiger partial charge is 0.253 e. The highest BCUT2D eigenvalue weighted by Gasteiger charge is 2.01.